The van der Waals surface area contributed by atoms with E-state index in [1.54, 1.807) is 6.08 Å². The van der Waals surface area contributed by atoms with Crippen LogP contribution in [0.1, 0.15) is 32.1 Å². The molecule has 0 amide bonds. The third-order valence-electron chi connectivity index (χ3n) is 5.78. The number of carbonyl (C=O) groups is 1. The lowest BCUT2D eigenvalue weighted by atomic mass is 9.89. The summed E-state index contributed by atoms with van der Waals surface area (Å²) in [5, 5.41) is 29.6. The van der Waals surface area contributed by atoms with E-state index in [-0.39, 0.29) is 24.9 Å². The Morgan fingerprint density at radius 3 is 2.58 bits per heavy atom. The van der Waals surface area contributed by atoms with Gasteiger partial charge in [-0.25, -0.2) is 0 Å². The molecule has 1 aromatic carbocycles. The number of hydrogen-bond donors (Lipinski definition) is 3. The Balaban J connectivity index is 1.59. The number of unbranched alkanes of at least 4 members (excludes halogenated alkanes) is 1. The van der Waals surface area contributed by atoms with Crippen molar-refractivity contribution in [2.24, 2.45) is 11.8 Å². The van der Waals surface area contributed by atoms with Gasteiger partial charge in [0.25, 0.3) is 0 Å². The quantitative estimate of drug-likeness (QED) is 0.365. The number of hydrogen-bond acceptors (Lipinski definition) is 6. The minimum absolute atomic E-state index is 0.129. The first kappa shape index (κ1) is 23.5. The van der Waals surface area contributed by atoms with Crippen LogP contribution in [0.5, 0.6) is 5.75 Å². The summed E-state index contributed by atoms with van der Waals surface area (Å²) in [6.07, 6.45) is 8.68. The molecular weight excluding hydrogens is 400 g/mol. The lowest BCUT2D eigenvalue weighted by Crippen LogP contribution is -2.35. The highest BCUT2D eigenvalue weighted by atomic mass is 16.8. The maximum atomic E-state index is 10.6. The smallest absolute Gasteiger partial charge is 0.303 e. The Labute approximate surface area is 182 Å². The zero-order valence-corrected chi connectivity index (χ0v) is 17.6. The lowest BCUT2D eigenvalue weighted by molar-refractivity contribution is -0.139. The number of carboxylic acid groups (broad SMARTS) is 1. The molecule has 1 aromatic rings. The van der Waals surface area contributed by atoms with Crippen LogP contribution in [-0.4, -0.2) is 59.1 Å². The van der Waals surface area contributed by atoms with Crippen LogP contribution in [0, 0.1) is 11.8 Å². The normalized spacial score (nSPS) is 27.9. The van der Waals surface area contributed by atoms with Crippen LogP contribution in [0.3, 0.4) is 0 Å². The maximum absolute atomic E-state index is 10.6. The lowest BCUT2D eigenvalue weighted by Gasteiger charge is -2.26. The summed E-state index contributed by atoms with van der Waals surface area (Å²) in [6, 6.07) is 9.43. The number of para-hydroxylation sites is 1. The number of aliphatic carboxylic acids is 1. The molecule has 31 heavy (non-hydrogen) atoms. The second kappa shape index (κ2) is 11.4. The van der Waals surface area contributed by atoms with E-state index in [1.165, 1.54) is 0 Å². The van der Waals surface area contributed by atoms with E-state index in [9.17, 15) is 15.0 Å². The molecule has 0 radical (unpaired) electrons. The summed E-state index contributed by atoms with van der Waals surface area (Å²) >= 11 is 0. The van der Waals surface area contributed by atoms with E-state index in [2.05, 4.69) is 0 Å². The average Bonchev–Trinajstić information content (AvgIpc) is 3.32. The molecule has 0 spiro atoms. The van der Waals surface area contributed by atoms with Crippen LogP contribution < -0.4 is 4.74 Å². The zero-order valence-electron chi connectivity index (χ0n) is 17.6. The number of allylic oxidation sites excluding steroid dienone is 2. The Hall–Kier alpha value is -2.19. The van der Waals surface area contributed by atoms with Crippen molar-refractivity contribution in [3.05, 3.63) is 54.6 Å². The molecule has 1 unspecified atom stereocenters. The molecular formula is C24H32O7. The molecule has 1 saturated heterocycles. The van der Waals surface area contributed by atoms with Gasteiger partial charge in [-0.3, -0.25) is 4.79 Å². The summed E-state index contributed by atoms with van der Waals surface area (Å²) < 4.78 is 17.5. The molecule has 1 heterocycles. The number of ether oxygens (including phenoxy) is 3. The molecule has 1 saturated carbocycles. The van der Waals surface area contributed by atoms with Gasteiger partial charge in [0.15, 0.2) is 0 Å². The second-order valence-electron chi connectivity index (χ2n) is 8.07. The first-order valence-corrected chi connectivity index (χ1v) is 10.9. The highest BCUT2D eigenvalue weighted by Gasteiger charge is 2.41. The van der Waals surface area contributed by atoms with Crippen molar-refractivity contribution in [3.8, 4) is 5.75 Å². The SMILES string of the molecule is O=C(O)CCC/C=C\CC1[C@@H](/C=C/C2(COc3ccccc3)OCCO2)[C@H](O)C[C@@H]1O. The van der Waals surface area contributed by atoms with E-state index in [0.717, 1.165) is 5.75 Å². The second-order valence-corrected chi connectivity index (χ2v) is 8.07. The van der Waals surface area contributed by atoms with Gasteiger partial charge in [-0.05, 0) is 43.4 Å². The van der Waals surface area contributed by atoms with Gasteiger partial charge < -0.3 is 29.5 Å². The average molecular weight is 433 g/mol. The molecule has 3 rings (SSSR count). The number of aliphatic hydroxyl groups excluding tert-OH is 2. The molecule has 0 aromatic heterocycles. The van der Waals surface area contributed by atoms with E-state index < -0.39 is 24.0 Å². The summed E-state index contributed by atoms with van der Waals surface area (Å²) in [5.74, 6) is -1.46. The Morgan fingerprint density at radius 1 is 1.13 bits per heavy atom. The Bertz CT molecular complexity index is 740. The highest BCUT2D eigenvalue weighted by Crippen LogP contribution is 2.37. The van der Waals surface area contributed by atoms with Crippen LogP contribution in [-0.2, 0) is 14.3 Å². The van der Waals surface area contributed by atoms with Crippen molar-refractivity contribution >= 4 is 5.97 Å². The van der Waals surface area contributed by atoms with Crippen LogP contribution in [0.2, 0.25) is 0 Å². The number of aliphatic hydroxyl groups is 2. The number of carboxylic acids is 1. The molecule has 2 fully saturated rings. The number of benzene rings is 1. The monoisotopic (exact) mass is 432 g/mol. The third-order valence-corrected chi connectivity index (χ3v) is 5.78. The molecule has 2 aliphatic rings. The zero-order chi connectivity index (χ0) is 22.1. The first-order valence-electron chi connectivity index (χ1n) is 10.9. The molecule has 3 N–H and O–H groups in total. The fourth-order valence-electron chi connectivity index (χ4n) is 4.11. The Kier molecular flexibility index (Phi) is 8.66. The molecule has 7 heteroatoms. The van der Waals surface area contributed by atoms with Crippen molar-refractivity contribution in [3.63, 3.8) is 0 Å². The van der Waals surface area contributed by atoms with Crippen molar-refractivity contribution in [1.82, 2.24) is 0 Å². The van der Waals surface area contributed by atoms with Gasteiger partial charge in [0.1, 0.15) is 12.4 Å². The van der Waals surface area contributed by atoms with Gasteiger partial charge in [-0.15, -0.1) is 0 Å². The van der Waals surface area contributed by atoms with Crippen molar-refractivity contribution in [2.45, 2.75) is 50.1 Å². The maximum Gasteiger partial charge on any atom is 0.303 e. The van der Waals surface area contributed by atoms with E-state index >= 15 is 0 Å². The van der Waals surface area contributed by atoms with Gasteiger partial charge in [-0.2, -0.15) is 0 Å². The number of rotatable bonds is 11. The standard InChI is InChI=1S/C24H32O7/c25-21-16-22(26)20(19(21)10-6-1-2-7-11-23(27)28)12-13-24(30-14-15-31-24)17-29-18-8-4-3-5-9-18/h1,3-6,8-9,12-13,19-22,25-26H,2,7,10-11,14-17H2,(H,27,28)/b6-1-,13-12+/t19?,20-,21+,22-/m1/s1. The van der Waals surface area contributed by atoms with Crippen LogP contribution in [0.25, 0.3) is 0 Å². The molecule has 1 aliphatic heterocycles. The summed E-state index contributed by atoms with van der Waals surface area (Å²) in [5.41, 5.74) is 0. The van der Waals surface area contributed by atoms with Gasteiger partial charge in [0, 0.05) is 18.8 Å². The summed E-state index contributed by atoms with van der Waals surface area (Å²) in [6.45, 7) is 1.11. The molecule has 170 valence electrons. The van der Waals surface area contributed by atoms with Crippen LogP contribution in [0.15, 0.2) is 54.6 Å². The summed E-state index contributed by atoms with van der Waals surface area (Å²) in [7, 11) is 0. The van der Waals surface area contributed by atoms with E-state index in [0.29, 0.717) is 38.9 Å². The Morgan fingerprint density at radius 2 is 1.87 bits per heavy atom. The molecule has 7 nitrogen and oxygen atoms in total. The third kappa shape index (κ3) is 6.90. The minimum atomic E-state index is -1.01. The minimum Gasteiger partial charge on any atom is -0.488 e. The van der Waals surface area contributed by atoms with Crippen molar-refractivity contribution < 1.29 is 34.3 Å². The fourth-order valence-corrected chi connectivity index (χ4v) is 4.11. The van der Waals surface area contributed by atoms with Gasteiger partial charge >= 0.3 is 5.97 Å². The van der Waals surface area contributed by atoms with Crippen molar-refractivity contribution in [1.29, 1.82) is 0 Å². The van der Waals surface area contributed by atoms with Gasteiger partial charge in [0.05, 0.1) is 25.4 Å². The fraction of sp³-hybridized carbons (Fsp3) is 0.542. The van der Waals surface area contributed by atoms with Gasteiger partial charge in [-0.1, -0.05) is 36.4 Å². The van der Waals surface area contributed by atoms with E-state index in [1.807, 2.05) is 48.6 Å². The molecule has 1 aliphatic carbocycles. The highest BCUT2D eigenvalue weighted by molar-refractivity contribution is 5.66. The summed E-state index contributed by atoms with van der Waals surface area (Å²) in [4.78, 5) is 10.6. The molecule has 0 bridgehead atoms. The predicted molar refractivity (Wildman–Crippen MR) is 115 cm³/mol. The van der Waals surface area contributed by atoms with Crippen LogP contribution >= 0.6 is 0 Å². The largest absolute Gasteiger partial charge is 0.488 e. The topological polar surface area (TPSA) is 105 Å². The van der Waals surface area contributed by atoms with E-state index in [4.69, 9.17) is 19.3 Å². The predicted octanol–water partition coefficient (Wildman–Crippen LogP) is 2.92. The van der Waals surface area contributed by atoms with Gasteiger partial charge in [0.2, 0.25) is 5.79 Å². The van der Waals surface area contributed by atoms with Crippen LogP contribution in [0.4, 0.5) is 0 Å². The molecule has 4 atom stereocenters. The van der Waals surface area contributed by atoms with Crippen molar-refractivity contribution in [2.75, 3.05) is 19.8 Å². The first-order chi connectivity index (χ1) is 15.0.